The van der Waals surface area contributed by atoms with E-state index in [-0.39, 0.29) is 11.1 Å². The highest BCUT2D eigenvalue weighted by Crippen LogP contribution is 2.43. The minimum Gasteiger partial charge on any atom is -0.504 e. The SMILES string of the molecule is NC(=O)O.O=C(O)C1(O)C[C@](O)(C(=O)/C=C/c2ccc(O)c(O)c2)C(O)[C@@](O)(C(=O)/C=C/c2ccc(O)c(O)c2)C1. The van der Waals surface area contributed by atoms with Gasteiger partial charge in [0.15, 0.2) is 51.4 Å². The largest absolute Gasteiger partial charge is 0.504 e. The fourth-order valence-electron chi connectivity index (χ4n) is 4.06. The number of carbonyl (C=O) groups excluding carboxylic acids is 2. The van der Waals surface area contributed by atoms with Crippen LogP contribution in [0.1, 0.15) is 24.0 Å². The van der Waals surface area contributed by atoms with Gasteiger partial charge in [-0.2, -0.15) is 0 Å². The van der Waals surface area contributed by atoms with Crippen LogP contribution in [-0.2, 0) is 14.4 Å². The van der Waals surface area contributed by atoms with Crippen LogP contribution in [-0.4, -0.2) is 97.6 Å². The molecule has 0 bridgehead atoms. The number of ketones is 2. The van der Waals surface area contributed by atoms with Crippen molar-refractivity contribution in [3.8, 4) is 23.0 Å². The first-order valence-corrected chi connectivity index (χ1v) is 11.4. The van der Waals surface area contributed by atoms with E-state index >= 15 is 0 Å². The molecule has 15 nitrogen and oxygen atoms in total. The summed E-state index contributed by atoms with van der Waals surface area (Å²) in [5.41, 5.74) is -4.97. The fraction of sp³-hybridized carbons (Fsp3) is 0.231. The summed E-state index contributed by atoms with van der Waals surface area (Å²) < 4.78 is 0. The first kappa shape index (κ1) is 32.3. The van der Waals surface area contributed by atoms with Gasteiger partial charge in [0.2, 0.25) is 0 Å². The molecule has 0 radical (unpaired) electrons. The molecule has 2 atom stereocenters. The lowest BCUT2D eigenvalue weighted by Crippen LogP contribution is -2.72. The van der Waals surface area contributed by atoms with Gasteiger partial charge in [-0.3, -0.25) is 9.59 Å². The Morgan fingerprint density at radius 3 is 1.34 bits per heavy atom. The van der Waals surface area contributed by atoms with Gasteiger partial charge in [0.05, 0.1) is 0 Å². The van der Waals surface area contributed by atoms with Gasteiger partial charge >= 0.3 is 12.1 Å². The number of amides is 1. The quantitative estimate of drug-likeness (QED) is 0.145. The van der Waals surface area contributed by atoms with E-state index in [0.717, 1.165) is 36.4 Å². The lowest BCUT2D eigenvalue weighted by molar-refractivity contribution is -0.235. The molecule has 0 saturated heterocycles. The van der Waals surface area contributed by atoms with Crippen molar-refractivity contribution in [2.45, 2.75) is 35.7 Å². The summed E-state index contributed by atoms with van der Waals surface area (Å²) in [5, 5.41) is 98.1. The highest BCUT2D eigenvalue weighted by molar-refractivity contribution is 6.06. The Morgan fingerprint density at radius 2 is 1.05 bits per heavy atom. The predicted octanol–water partition coefficient (Wildman–Crippen LogP) is -0.570. The van der Waals surface area contributed by atoms with E-state index in [1.54, 1.807) is 0 Å². The number of aliphatic hydroxyl groups excluding tert-OH is 1. The number of carbonyl (C=O) groups is 4. The number of hydrogen-bond donors (Lipinski definition) is 11. The van der Waals surface area contributed by atoms with Crippen LogP contribution in [0.5, 0.6) is 23.0 Å². The molecule has 3 rings (SSSR count). The van der Waals surface area contributed by atoms with Crippen molar-refractivity contribution < 1.29 is 70.2 Å². The standard InChI is InChI=1S/C25H24O12.CH3NO2/c26-15-5-1-13(9-17(15)28)3-7-19(30)24(36)11-23(35,22(33)34)12-25(37,21(24)32)20(31)8-4-14-2-6-16(27)18(29)10-14;2-1(3)4/h1-10,21,26-29,32,35-37H,11-12H2,(H,33,34);2H2,(H,3,4)/b7-3+,8-4+;/t21?,23?,24-,25-;/m0./s1. The molecule has 15 heteroatoms. The highest BCUT2D eigenvalue weighted by atomic mass is 16.4. The number of phenols is 4. The monoisotopic (exact) mass is 577 g/mol. The average molecular weight is 577 g/mol. The molecule has 0 heterocycles. The van der Waals surface area contributed by atoms with Crippen LogP contribution >= 0.6 is 0 Å². The summed E-state index contributed by atoms with van der Waals surface area (Å²) in [6.45, 7) is 0. The van der Waals surface area contributed by atoms with Crippen LogP contribution in [0.15, 0.2) is 48.6 Å². The summed E-state index contributed by atoms with van der Waals surface area (Å²) in [6, 6.07) is 6.87. The molecule has 1 aliphatic rings. The second-order valence-corrected chi connectivity index (χ2v) is 9.17. The lowest BCUT2D eigenvalue weighted by atomic mass is 9.62. The third-order valence-electron chi connectivity index (χ3n) is 6.13. The smallest absolute Gasteiger partial charge is 0.402 e. The molecule has 1 fully saturated rings. The van der Waals surface area contributed by atoms with Crippen molar-refractivity contribution in [2.24, 2.45) is 5.73 Å². The summed E-state index contributed by atoms with van der Waals surface area (Å²) in [6.07, 6.45) is -3.02. The number of rotatable bonds is 7. The first-order valence-electron chi connectivity index (χ1n) is 11.4. The zero-order valence-electron chi connectivity index (χ0n) is 20.9. The van der Waals surface area contributed by atoms with Crippen LogP contribution in [0.3, 0.4) is 0 Å². The zero-order valence-corrected chi connectivity index (χ0v) is 20.9. The topological polar surface area (TPSA) is 297 Å². The number of benzene rings is 2. The number of carboxylic acid groups (broad SMARTS) is 2. The summed E-state index contributed by atoms with van der Waals surface area (Å²) >= 11 is 0. The Kier molecular flexibility index (Phi) is 9.48. The molecule has 0 unspecified atom stereocenters. The fourth-order valence-corrected chi connectivity index (χ4v) is 4.06. The van der Waals surface area contributed by atoms with Gasteiger partial charge in [-0.1, -0.05) is 24.3 Å². The van der Waals surface area contributed by atoms with Crippen LogP contribution in [0.4, 0.5) is 4.79 Å². The van der Waals surface area contributed by atoms with E-state index in [2.05, 4.69) is 5.73 Å². The third kappa shape index (κ3) is 7.17. The van der Waals surface area contributed by atoms with Gasteiger partial charge in [0, 0.05) is 12.8 Å². The number of carboxylic acids is 1. The molecule has 1 saturated carbocycles. The maximum absolute atomic E-state index is 12.9. The zero-order chi connectivity index (χ0) is 31.3. The molecule has 2 aromatic carbocycles. The molecule has 0 aliphatic heterocycles. The van der Waals surface area contributed by atoms with Crippen molar-refractivity contribution in [1.82, 2.24) is 0 Å². The van der Waals surface area contributed by atoms with E-state index in [0.29, 0.717) is 12.2 Å². The van der Waals surface area contributed by atoms with Gasteiger partial charge in [-0.05, 0) is 47.5 Å². The third-order valence-corrected chi connectivity index (χ3v) is 6.13. The Morgan fingerprint density at radius 1 is 0.707 bits per heavy atom. The van der Waals surface area contributed by atoms with Crippen molar-refractivity contribution in [2.75, 3.05) is 0 Å². The van der Waals surface area contributed by atoms with Gasteiger partial charge in [-0.25, -0.2) is 9.59 Å². The number of primary amides is 1. The molecule has 41 heavy (non-hydrogen) atoms. The lowest BCUT2D eigenvalue weighted by Gasteiger charge is -2.49. The van der Waals surface area contributed by atoms with Gasteiger partial charge in [0.1, 0.15) is 6.10 Å². The molecular weight excluding hydrogens is 550 g/mol. The van der Waals surface area contributed by atoms with Crippen molar-refractivity contribution >= 4 is 35.8 Å². The number of phenolic OH excluding ortho intramolecular Hbond substituents is 4. The van der Waals surface area contributed by atoms with Crippen molar-refractivity contribution in [1.29, 1.82) is 0 Å². The Labute approximate surface area is 230 Å². The van der Waals surface area contributed by atoms with Crippen LogP contribution in [0, 0.1) is 0 Å². The number of hydrogen-bond acceptors (Lipinski definition) is 12. The predicted molar refractivity (Wildman–Crippen MR) is 138 cm³/mol. The van der Waals surface area contributed by atoms with E-state index in [1.807, 2.05) is 0 Å². The molecular formula is C26H27NO14. The van der Waals surface area contributed by atoms with E-state index in [1.165, 1.54) is 12.1 Å². The Balaban J connectivity index is 0.00000138. The molecule has 0 spiro atoms. The molecule has 0 aromatic heterocycles. The maximum Gasteiger partial charge on any atom is 0.402 e. The van der Waals surface area contributed by atoms with Crippen molar-refractivity contribution in [3.63, 3.8) is 0 Å². The molecule has 2 aromatic rings. The second kappa shape index (κ2) is 12.1. The first-order chi connectivity index (χ1) is 18.9. The summed E-state index contributed by atoms with van der Waals surface area (Å²) in [5.74, 6) is -6.67. The summed E-state index contributed by atoms with van der Waals surface area (Å²) in [4.78, 5) is 46.4. The Bertz CT molecular complexity index is 1320. The number of aliphatic carboxylic acids is 1. The molecule has 220 valence electrons. The van der Waals surface area contributed by atoms with E-state index in [9.17, 15) is 60.3 Å². The highest BCUT2D eigenvalue weighted by Gasteiger charge is 2.66. The normalized spacial score (nSPS) is 25.8. The molecule has 1 amide bonds. The van der Waals surface area contributed by atoms with E-state index < -0.39 is 82.4 Å². The number of aliphatic hydroxyl groups is 4. The summed E-state index contributed by atoms with van der Waals surface area (Å²) in [7, 11) is 0. The molecule has 12 N–H and O–H groups in total. The van der Waals surface area contributed by atoms with E-state index in [4.69, 9.17) is 9.90 Å². The van der Waals surface area contributed by atoms with Crippen molar-refractivity contribution in [3.05, 3.63) is 59.7 Å². The average Bonchev–Trinajstić information content (AvgIpc) is 2.87. The van der Waals surface area contributed by atoms with Gasteiger partial charge in [-0.15, -0.1) is 0 Å². The Hall–Kier alpha value is -4.96. The number of nitrogens with two attached hydrogens (primary N) is 1. The van der Waals surface area contributed by atoms with Crippen LogP contribution < -0.4 is 5.73 Å². The van der Waals surface area contributed by atoms with Crippen LogP contribution in [0.2, 0.25) is 0 Å². The minimum absolute atomic E-state index is 0.150. The minimum atomic E-state index is -3.14. The van der Waals surface area contributed by atoms with Crippen LogP contribution in [0.25, 0.3) is 12.2 Å². The van der Waals surface area contributed by atoms with Gasteiger partial charge in [0.25, 0.3) is 0 Å². The maximum atomic E-state index is 12.9. The van der Waals surface area contributed by atoms with Gasteiger partial charge < -0.3 is 56.8 Å². The second-order valence-electron chi connectivity index (χ2n) is 9.17. The number of aromatic hydroxyl groups is 4. The molecule has 1 aliphatic carbocycles.